The number of nitrogens with one attached hydrogen (secondary N) is 1. The van der Waals surface area contributed by atoms with Gasteiger partial charge in [0, 0.05) is 36.1 Å². The maximum absolute atomic E-state index is 13.9. The fourth-order valence-electron chi connectivity index (χ4n) is 5.27. The molecule has 162 valence electrons. The average molecular weight is 433 g/mol. The molecular formula is C24H20FN3O4. The number of amides is 4. The number of anilines is 1. The van der Waals surface area contributed by atoms with Crippen LogP contribution in [0.2, 0.25) is 0 Å². The fraction of sp³-hybridized carbons (Fsp3) is 0.333. The molecule has 3 heterocycles. The smallest absolute Gasteiger partial charge is 0.258 e. The van der Waals surface area contributed by atoms with E-state index in [-0.39, 0.29) is 48.3 Å². The molecule has 6 rings (SSSR count). The summed E-state index contributed by atoms with van der Waals surface area (Å²) >= 11 is 0. The van der Waals surface area contributed by atoms with E-state index in [1.165, 1.54) is 17.0 Å². The van der Waals surface area contributed by atoms with Crippen LogP contribution in [0.25, 0.3) is 0 Å². The van der Waals surface area contributed by atoms with Crippen LogP contribution in [-0.4, -0.2) is 41.1 Å². The summed E-state index contributed by atoms with van der Waals surface area (Å²) in [5.41, 5.74) is 3.13. The molecule has 1 saturated carbocycles. The molecule has 2 fully saturated rings. The maximum atomic E-state index is 13.9. The van der Waals surface area contributed by atoms with Gasteiger partial charge in [-0.05, 0) is 60.7 Å². The van der Waals surface area contributed by atoms with E-state index in [4.69, 9.17) is 0 Å². The normalized spacial score (nSPS) is 22.8. The summed E-state index contributed by atoms with van der Waals surface area (Å²) in [6, 6.07) is 8.87. The lowest BCUT2D eigenvalue weighted by molar-refractivity contribution is -0.136. The maximum Gasteiger partial charge on any atom is 0.258 e. The first-order valence-electron chi connectivity index (χ1n) is 10.8. The van der Waals surface area contributed by atoms with E-state index < -0.39 is 11.9 Å². The van der Waals surface area contributed by atoms with Crippen LogP contribution in [0.3, 0.4) is 0 Å². The van der Waals surface area contributed by atoms with Crippen molar-refractivity contribution in [2.45, 2.75) is 43.7 Å². The van der Waals surface area contributed by atoms with Crippen molar-refractivity contribution in [2.75, 3.05) is 11.4 Å². The summed E-state index contributed by atoms with van der Waals surface area (Å²) in [4.78, 5) is 53.0. The molecule has 0 bridgehead atoms. The molecule has 4 amide bonds. The standard InChI is InChI=1S/C24H20FN3O4/c25-15-2-4-17-19(10-15)28(12-24(17)7-8-24)22(31)13-1-3-16-14(9-13)11-27(23(16)32)18-5-6-20(29)26-21(18)30/h1-4,9-10,18H,5-8,11-12H2,(H,26,29,30). The number of imide groups is 1. The highest BCUT2D eigenvalue weighted by molar-refractivity contribution is 6.10. The van der Waals surface area contributed by atoms with Crippen LogP contribution >= 0.6 is 0 Å². The second kappa shape index (κ2) is 6.48. The molecule has 1 atom stereocenters. The Bertz CT molecular complexity index is 1240. The van der Waals surface area contributed by atoms with Gasteiger partial charge in [-0.3, -0.25) is 24.5 Å². The Morgan fingerprint density at radius 3 is 2.66 bits per heavy atom. The average Bonchev–Trinajstić information content (AvgIpc) is 3.38. The van der Waals surface area contributed by atoms with Crippen molar-refractivity contribution in [1.29, 1.82) is 0 Å². The van der Waals surface area contributed by atoms with E-state index in [9.17, 15) is 23.6 Å². The number of piperidine rings is 1. The first kappa shape index (κ1) is 19.2. The Morgan fingerprint density at radius 2 is 1.91 bits per heavy atom. The zero-order chi connectivity index (χ0) is 22.2. The van der Waals surface area contributed by atoms with Crippen molar-refractivity contribution in [3.8, 4) is 0 Å². The third-order valence-electron chi connectivity index (χ3n) is 7.15. The van der Waals surface area contributed by atoms with Crippen LogP contribution in [-0.2, 0) is 21.5 Å². The van der Waals surface area contributed by atoms with Gasteiger partial charge in [0.05, 0.1) is 5.69 Å². The van der Waals surface area contributed by atoms with Crippen molar-refractivity contribution >= 4 is 29.3 Å². The van der Waals surface area contributed by atoms with Crippen molar-refractivity contribution in [3.05, 3.63) is 64.5 Å². The predicted octanol–water partition coefficient (Wildman–Crippen LogP) is 2.28. The topological polar surface area (TPSA) is 86.8 Å². The van der Waals surface area contributed by atoms with Gasteiger partial charge in [0.25, 0.3) is 11.8 Å². The molecule has 1 unspecified atom stereocenters. The Kier molecular flexibility index (Phi) is 3.88. The molecule has 1 spiro atoms. The van der Waals surface area contributed by atoms with E-state index in [1.807, 2.05) is 0 Å². The van der Waals surface area contributed by atoms with Gasteiger partial charge in [-0.15, -0.1) is 0 Å². The highest BCUT2D eigenvalue weighted by atomic mass is 19.1. The molecule has 3 aliphatic heterocycles. The number of hydrogen-bond donors (Lipinski definition) is 1. The minimum Gasteiger partial charge on any atom is -0.322 e. The number of hydrogen-bond acceptors (Lipinski definition) is 4. The molecule has 32 heavy (non-hydrogen) atoms. The number of fused-ring (bicyclic) bond motifs is 3. The molecule has 4 aliphatic rings. The van der Waals surface area contributed by atoms with Crippen molar-refractivity contribution in [1.82, 2.24) is 10.2 Å². The highest BCUT2D eigenvalue weighted by Crippen LogP contribution is 2.56. The van der Waals surface area contributed by atoms with Gasteiger partial charge in [0.2, 0.25) is 11.8 Å². The lowest BCUT2D eigenvalue weighted by Crippen LogP contribution is -2.52. The third-order valence-corrected chi connectivity index (χ3v) is 7.15. The zero-order valence-corrected chi connectivity index (χ0v) is 17.2. The number of carbonyl (C=O) groups is 4. The van der Waals surface area contributed by atoms with Crippen LogP contribution in [0.1, 0.15) is 57.5 Å². The minimum atomic E-state index is -0.699. The molecule has 1 N–H and O–H groups in total. The lowest BCUT2D eigenvalue weighted by atomic mass is 9.99. The van der Waals surface area contributed by atoms with E-state index in [1.54, 1.807) is 29.2 Å². The summed E-state index contributed by atoms with van der Waals surface area (Å²) in [5, 5.41) is 2.28. The first-order chi connectivity index (χ1) is 15.4. The Labute approximate surface area is 183 Å². The number of halogens is 1. The molecule has 2 aromatic rings. The molecule has 7 nitrogen and oxygen atoms in total. The fourth-order valence-corrected chi connectivity index (χ4v) is 5.27. The van der Waals surface area contributed by atoms with Crippen molar-refractivity contribution in [3.63, 3.8) is 0 Å². The van der Waals surface area contributed by atoms with E-state index in [0.29, 0.717) is 28.9 Å². The predicted molar refractivity (Wildman–Crippen MR) is 111 cm³/mol. The van der Waals surface area contributed by atoms with E-state index in [2.05, 4.69) is 5.32 Å². The monoisotopic (exact) mass is 433 g/mol. The Morgan fingerprint density at radius 1 is 1.09 bits per heavy atom. The summed E-state index contributed by atoms with van der Waals surface area (Å²) in [6.45, 7) is 0.736. The van der Waals surface area contributed by atoms with Crippen LogP contribution in [0, 0.1) is 5.82 Å². The summed E-state index contributed by atoms with van der Waals surface area (Å²) in [5.74, 6) is -1.68. The van der Waals surface area contributed by atoms with Gasteiger partial charge < -0.3 is 9.80 Å². The first-order valence-corrected chi connectivity index (χ1v) is 10.8. The minimum absolute atomic E-state index is 0.0615. The number of carbonyl (C=O) groups excluding carboxylic acids is 4. The molecule has 0 radical (unpaired) electrons. The van der Waals surface area contributed by atoms with E-state index in [0.717, 1.165) is 18.4 Å². The summed E-state index contributed by atoms with van der Waals surface area (Å²) < 4.78 is 13.9. The van der Waals surface area contributed by atoms with Crippen LogP contribution < -0.4 is 10.2 Å². The SMILES string of the molecule is O=C1CCC(N2Cc3cc(C(=O)N4CC5(CC5)c5ccc(F)cc54)ccc3C2=O)C(=O)N1. The van der Waals surface area contributed by atoms with Crippen LogP contribution in [0.15, 0.2) is 36.4 Å². The number of nitrogens with zero attached hydrogens (tertiary/aromatic N) is 2. The van der Waals surface area contributed by atoms with Gasteiger partial charge >= 0.3 is 0 Å². The Hall–Kier alpha value is -3.55. The van der Waals surface area contributed by atoms with Gasteiger partial charge in [-0.25, -0.2) is 4.39 Å². The van der Waals surface area contributed by atoms with E-state index >= 15 is 0 Å². The van der Waals surface area contributed by atoms with Gasteiger partial charge in [-0.1, -0.05) is 6.07 Å². The second-order valence-electron chi connectivity index (χ2n) is 9.10. The molecule has 1 saturated heterocycles. The number of benzene rings is 2. The molecule has 8 heteroatoms. The second-order valence-corrected chi connectivity index (χ2v) is 9.10. The third kappa shape index (κ3) is 2.71. The molecule has 1 aliphatic carbocycles. The van der Waals surface area contributed by atoms with Gasteiger partial charge in [0.15, 0.2) is 0 Å². The number of rotatable bonds is 2. The van der Waals surface area contributed by atoms with Crippen LogP contribution in [0.5, 0.6) is 0 Å². The van der Waals surface area contributed by atoms with Gasteiger partial charge in [-0.2, -0.15) is 0 Å². The quantitative estimate of drug-likeness (QED) is 0.737. The lowest BCUT2D eigenvalue weighted by Gasteiger charge is -2.29. The molecule has 2 aromatic carbocycles. The van der Waals surface area contributed by atoms with Crippen LogP contribution in [0.4, 0.5) is 10.1 Å². The Balaban J connectivity index is 1.28. The zero-order valence-electron chi connectivity index (χ0n) is 17.2. The van der Waals surface area contributed by atoms with Gasteiger partial charge in [0.1, 0.15) is 11.9 Å². The summed E-state index contributed by atoms with van der Waals surface area (Å²) in [6.07, 6.45) is 2.44. The molecule has 0 aromatic heterocycles. The van der Waals surface area contributed by atoms with Crippen molar-refractivity contribution in [2.24, 2.45) is 0 Å². The molecular weight excluding hydrogens is 413 g/mol. The van der Waals surface area contributed by atoms with Crippen molar-refractivity contribution < 1.29 is 23.6 Å². The summed E-state index contributed by atoms with van der Waals surface area (Å²) in [7, 11) is 0. The highest BCUT2D eigenvalue weighted by Gasteiger charge is 2.53. The largest absolute Gasteiger partial charge is 0.322 e.